The van der Waals surface area contributed by atoms with Crippen LogP contribution in [0, 0.1) is 0 Å². The molecule has 0 bridgehead atoms. The first kappa shape index (κ1) is 18.3. The van der Waals surface area contributed by atoms with Gasteiger partial charge in [0.2, 0.25) is 0 Å². The van der Waals surface area contributed by atoms with Gasteiger partial charge in [-0.25, -0.2) is 0 Å². The molecule has 0 radical (unpaired) electrons. The van der Waals surface area contributed by atoms with Gasteiger partial charge in [0.15, 0.2) is 5.11 Å². The first-order chi connectivity index (χ1) is 8.54. The first-order valence-corrected chi connectivity index (χ1v) is 6.87. The minimum absolute atomic E-state index is 0.0919. The van der Waals surface area contributed by atoms with Crippen molar-refractivity contribution in [3.8, 4) is 0 Å². The fraction of sp³-hybridized carbons (Fsp3) is 0.462. The molecule has 6 heteroatoms. The number of thiocarbonyl (C=S) groups is 1. The number of aliphatic hydroxyl groups is 1. The van der Waals surface area contributed by atoms with Crippen LogP contribution < -0.4 is 10.6 Å². The molecule has 0 fully saturated rings. The molecule has 0 amide bonds. The van der Waals surface area contributed by atoms with Crippen molar-refractivity contribution in [2.75, 3.05) is 6.54 Å². The van der Waals surface area contributed by atoms with Crippen LogP contribution in [0.5, 0.6) is 0 Å². The summed E-state index contributed by atoms with van der Waals surface area (Å²) in [6.45, 7) is 11.6. The smallest absolute Gasteiger partial charge is 0.166 e. The zero-order valence-corrected chi connectivity index (χ0v) is 13.9. The van der Waals surface area contributed by atoms with Gasteiger partial charge < -0.3 is 15.7 Å². The van der Waals surface area contributed by atoms with Crippen LogP contribution in [-0.4, -0.2) is 22.3 Å². The zero-order valence-electron chi connectivity index (χ0n) is 11.6. The number of halogens is 2. The van der Waals surface area contributed by atoms with Gasteiger partial charge >= 0.3 is 0 Å². The highest BCUT2D eigenvalue weighted by Gasteiger charge is 2.10. The Labute approximate surface area is 130 Å². The van der Waals surface area contributed by atoms with Crippen molar-refractivity contribution in [3.63, 3.8) is 0 Å². The normalized spacial score (nSPS) is 13.7. The summed E-state index contributed by atoms with van der Waals surface area (Å²) in [6, 6.07) is 0. The number of nitrogens with one attached hydrogen (secondary N) is 2. The Morgan fingerprint density at radius 2 is 1.89 bits per heavy atom. The van der Waals surface area contributed by atoms with Crippen molar-refractivity contribution in [3.05, 3.63) is 34.1 Å². The van der Waals surface area contributed by atoms with Gasteiger partial charge in [-0.05, 0) is 51.6 Å². The van der Waals surface area contributed by atoms with E-state index in [-0.39, 0.29) is 16.3 Å². The van der Waals surface area contributed by atoms with Crippen LogP contribution in [0.1, 0.15) is 27.7 Å². The number of hydrogen-bond acceptors (Lipinski definition) is 2. The summed E-state index contributed by atoms with van der Waals surface area (Å²) in [6.07, 6.45) is 1.72. The quantitative estimate of drug-likeness (QED) is 0.416. The molecule has 0 saturated heterocycles. The lowest BCUT2D eigenvalue weighted by molar-refractivity contribution is 0.431. The molecule has 0 unspecified atom stereocenters. The summed E-state index contributed by atoms with van der Waals surface area (Å²) in [5.41, 5.74) is 0.470. The topological polar surface area (TPSA) is 44.3 Å². The lowest BCUT2D eigenvalue weighted by Crippen LogP contribution is -2.46. The summed E-state index contributed by atoms with van der Waals surface area (Å²) in [4.78, 5) is 0. The van der Waals surface area contributed by atoms with Crippen LogP contribution in [0.15, 0.2) is 34.1 Å². The maximum atomic E-state index is 9.16. The van der Waals surface area contributed by atoms with Crippen LogP contribution in [0.4, 0.5) is 0 Å². The molecule has 19 heavy (non-hydrogen) atoms. The number of rotatable bonds is 4. The SMILES string of the molecule is C=C(O)/C(Cl)=C(C)\C(Cl)=C/CNC(=S)NC(C)(C)C. The molecule has 0 aliphatic heterocycles. The molecular formula is C13H20Cl2N2OS. The lowest BCUT2D eigenvalue weighted by Gasteiger charge is -2.22. The van der Waals surface area contributed by atoms with E-state index in [0.29, 0.717) is 22.3 Å². The standard InChI is InChI=1S/C13H20Cl2N2OS/c1-8(11(15)9(2)18)10(14)6-7-16-12(19)17-13(3,4)5/h6,18H,2,7H2,1,3-5H3,(H2,16,17,19)/b10-6+,11-8+. The van der Waals surface area contributed by atoms with Gasteiger partial charge in [0.25, 0.3) is 0 Å². The summed E-state index contributed by atoms with van der Waals surface area (Å²) >= 11 is 17.0. The summed E-state index contributed by atoms with van der Waals surface area (Å²) in [5.74, 6) is -0.205. The van der Waals surface area contributed by atoms with Crippen LogP contribution in [0.2, 0.25) is 0 Å². The van der Waals surface area contributed by atoms with Crippen LogP contribution in [0.25, 0.3) is 0 Å². The third-order valence-electron chi connectivity index (χ3n) is 1.97. The van der Waals surface area contributed by atoms with Gasteiger partial charge in [-0.3, -0.25) is 0 Å². The third kappa shape index (κ3) is 8.14. The fourth-order valence-corrected chi connectivity index (χ4v) is 1.80. The third-order valence-corrected chi connectivity index (χ3v) is 3.16. The number of allylic oxidation sites excluding steroid dienone is 3. The van der Waals surface area contributed by atoms with Crippen molar-refractivity contribution in [1.29, 1.82) is 0 Å². The summed E-state index contributed by atoms with van der Waals surface area (Å²) in [5, 5.41) is 16.4. The fourth-order valence-electron chi connectivity index (χ4n) is 1.09. The minimum atomic E-state index is -0.205. The van der Waals surface area contributed by atoms with Crippen molar-refractivity contribution in [1.82, 2.24) is 10.6 Å². The van der Waals surface area contributed by atoms with E-state index in [4.69, 9.17) is 40.5 Å². The molecule has 108 valence electrons. The number of aliphatic hydroxyl groups excluding tert-OH is 1. The molecular weight excluding hydrogens is 303 g/mol. The van der Waals surface area contributed by atoms with E-state index in [1.165, 1.54) is 0 Å². The largest absolute Gasteiger partial charge is 0.507 e. The Balaban J connectivity index is 4.47. The predicted octanol–water partition coefficient (Wildman–Crippen LogP) is 3.96. The molecule has 0 heterocycles. The Hall–Kier alpha value is -0.710. The summed E-state index contributed by atoms with van der Waals surface area (Å²) < 4.78 is 0. The Kier molecular flexibility index (Phi) is 7.49. The van der Waals surface area contributed by atoms with E-state index < -0.39 is 0 Å². The van der Waals surface area contributed by atoms with Gasteiger partial charge in [-0.15, -0.1) is 0 Å². The second-order valence-corrected chi connectivity index (χ2v) is 6.22. The van der Waals surface area contributed by atoms with E-state index in [1.807, 2.05) is 20.8 Å². The van der Waals surface area contributed by atoms with Crippen molar-refractivity contribution in [2.24, 2.45) is 0 Å². The Bertz CT molecular complexity index is 423. The first-order valence-electron chi connectivity index (χ1n) is 5.71. The maximum absolute atomic E-state index is 9.16. The Morgan fingerprint density at radius 3 is 2.32 bits per heavy atom. The van der Waals surface area contributed by atoms with Gasteiger partial charge in [-0.2, -0.15) is 0 Å². The molecule has 0 saturated carbocycles. The van der Waals surface area contributed by atoms with Gasteiger partial charge in [-0.1, -0.05) is 29.8 Å². The molecule has 0 aromatic heterocycles. The molecule has 0 rings (SSSR count). The minimum Gasteiger partial charge on any atom is -0.507 e. The van der Waals surface area contributed by atoms with E-state index in [1.54, 1.807) is 13.0 Å². The monoisotopic (exact) mass is 322 g/mol. The molecule has 3 N–H and O–H groups in total. The molecule has 3 nitrogen and oxygen atoms in total. The predicted molar refractivity (Wildman–Crippen MR) is 87.7 cm³/mol. The van der Waals surface area contributed by atoms with E-state index in [2.05, 4.69) is 17.2 Å². The molecule has 0 aliphatic rings. The van der Waals surface area contributed by atoms with Gasteiger partial charge in [0, 0.05) is 17.1 Å². The maximum Gasteiger partial charge on any atom is 0.166 e. The average Bonchev–Trinajstić information content (AvgIpc) is 2.24. The zero-order chi connectivity index (χ0) is 15.2. The molecule has 0 atom stereocenters. The van der Waals surface area contributed by atoms with E-state index in [0.717, 1.165) is 0 Å². The molecule has 0 aromatic rings. The number of hydrogen-bond donors (Lipinski definition) is 3. The lowest BCUT2D eigenvalue weighted by atomic mass is 10.1. The highest BCUT2D eigenvalue weighted by Crippen LogP contribution is 2.23. The van der Waals surface area contributed by atoms with Gasteiger partial charge in [0.05, 0.1) is 5.03 Å². The Morgan fingerprint density at radius 1 is 1.37 bits per heavy atom. The second kappa shape index (κ2) is 7.78. The van der Waals surface area contributed by atoms with Gasteiger partial charge in [0.1, 0.15) is 5.76 Å². The van der Waals surface area contributed by atoms with Crippen molar-refractivity contribution < 1.29 is 5.11 Å². The highest BCUT2D eigenvalue weighted by molar-refractivity contribution is 7.80. The van der Waals surface area contributed by atoms with Crippen LogP contribution in [-0.2, 0) is 0 Å². The molecule has 0 aromatic carbocycles. The molecule has 0 spiro atoms. The van der Waals surface area contributed by atoms with E-state index in [9.17, 15) is 0 Å². The average molecular weight is 323 g/mol. The van der Waals surface area contributed by atoms with E-state index >= 15 is 0 Å². The van der Waals surface area contributed by atoms with Crippen molar-refractivity contribution >= 4 is 40.5 Å². The van der Waals surface area contributed by atoms with Crippen molar-refractivity contribution in [2.45, 2.75) is 33.2 Å². The summed E-state index contributed by atoms with van der Waals surface area (Å²) in [7, 11) is 0. The van der Waals surface area contributed by atoms with Crippen LogP contribution in [0.3, 0.4) is 0 Å². The van der Waals surface area contributed by atoms with Crippen LogP contribution >= 0.6 is 35.4 Å². The second-order valence-electron chi connectivity index (χ2n) is 5.02. The molecule has 0 aliphatic carbocycles. The highest BCUT2D eigenvalue weighted by atomic mass is 35.5.